The second kappa shape index (κ2) is 5.11. The number of amides is 1. The van der Waals surface area contributed by atoms with Gasteiger partial charge in [0.2, 0.25) is 4.80 Å². The lowest BCUT2D eigenvalue weighted by Gasteiger charge is -1.97. The standard InChI is InChI=1S/C11H13N3O2S/c1-14-8-5-3-4-6-9(8)17-11(14)13-12-10(15)7-16-2/h3-6H,7H2,1-2H3,(H,12,15)/b13-11+. The topological polar surface area (TPSA) is 55.6 Å². The Morgan fingerprint density at radius 2 is 2.29 bits per heavy atom. The first kappa shape index (κ1) is 11.8. The zero-order chi connectivity index (χ0) is 12.3. The summed E-state index contributed by atoms with van der Waals surface area (Å²) in [5.74, 6) is -0.259. The van der Waals surface area contributed by atoms with E-state index < -0.39 is 0 Å². The predicted molar refractivity (Wildman–Crippen MR) is 66.4 cm³/mol. The highest BCUT2D eigenvalue weighted by molar-refractivity contribution is 7.16. The molecule has 6 heteroatoms. The van der Waals surface area contributed by atoms with E-state index in [9.17, 15) is 4.79 Å². The zero-order valence-electron chi connectivity index (χ0n) is 9.64. The third-order valence-electron chi connectivity index (χ3n) is 2.27. The van der Waals surface area contributed by atoms with E-state index in [1.54, 1.807) is 0 Å². The van der Waals surface area contributed by atoms with Crippen molar-refractivity contribution < 1.29 is 9.53 Å². The molecule has 0 bridgehead atoms. The van der Waals surface area contributed by atoms with Crippen LogP contribution in [0.4, 0.5) is 0 Å². The fourth-order valence-electron chi connectivity index (χ4n) is 1.46. The van der Waals surface area contributed by atoms with Crippen molar-refractivity contribution in [2.24, 2.45) is 12.1 Å². The van der Waals surface area contributed by atoms with Crippen LogP contribution in [0.2, 0.25) is 0 Å². The van der Waals surface area contributed by atoms with E-state index in [4.69, 9.17) is 4.74 Å². The van der Waals surface area contributed by atoms with Crippen molar-refractivity contribution in [3.63, 3.8) is 0 Å². The summed E-state index contributed by atoms with van der Waals surface area (Å²) < 4.78 is 7.78. The van der Waals surface area contributed by atoms with Crippen molar-refractivity contribution >= 4 is 27.5 Å². The van der Waals surface area contributed by atoms with Crippen LogP contribution in [-0.4, -0.2) is 24.2 Å². The lowest BCUT2D eigenvalue weighted by molar-refractivity contribution is -0.124. The summed E-state index contributed by atoms with van der Waals surface area (Å²) >= 11 is 1.52. The molecule has 90 valence electrons. The maximum atomic E-state index is 11.2. The lowest BCUT2D eigenvalue weighted by Crippen LogP contribution is -2.26. The van der Waals surface area contributed by atoms with Crippen molar-refractivity contribution in [2.45, 2.75) is 0 Å². The van der Waals surface area contributed by atoms with Gasteiger partial charge >= 0.3 is 0 Å². The molecule has 5 nitrogen and oxygen atoms in total. The Labute approximate surface area is 102 Å². The average molecular weight is 251 g/mol. The Balaban J connectivity index is 2.32. The van der Waals surface area contributed by atoms with E-state index in [2.05, 4.69) is 10.5 Å². The Hall–Kier alpha value is -1.66. The molecule has 0 saturated heterocycles. The van der Waals surface area contributed by atoms with Gasteiger partial charge in [-0.1, -0.05) is 23.5 Å². The normalized spacial score (nSPS) is 12.0. The van der Waals surface area contributed by atoms with Gasteiger partial charge in [0.1, 0.15) is 6.61 Å². The van der Waals surface area contributed by atoms with E-state index in [0.717, 1.165) is 15.0 Å². The summed E-state index contributed by atoms with van der Waals surface area (Å²) in [4.78, 5) is 12.0. The number of rotatable bonds is 3. The predicted octanol–water partition coefficient (Wildman–Crippen LogP) is 0.818. The SMILES string of the molecule is COCC(=O)N/N=c1/sc2ccccc2n1C. The number of aryl methyl sites for hydroxylation is 1. The number of nitrogens with zero attached hydrogens (tertiary/aromatic N) is 2. The van der Waals surface area contributed by atoms with Crippen LogP contribution in [-0.2, 0) is 16.6 Å². The van der Waals surface area contributed by atoms with Gasteiger partial charge in [0.15, 0.2) is 0 Å². The minimum absolute atomic E-state index is 0.0120. The minimum atomic E-state index is -0.259. The number of carbonyl (C=O) groups excluding carboxylic acids is 1. The molecule has 1 amide bonds. The highest BCUT2D eigenvalue weighted by Gasteiger charge is 2.02. The van der Waals surface area contributed by atoms with Gasteiger partial charge in [0.25, 0.3) is 5.91 Å². The number of thiazole rings is 1. The van der Waals surface area contributed by atoms with E-state index in [1.165, 1.54) is 18.4 Å². The van der Waals surface area contributed by atoms with Crippen LogP contribution in [0.1, 0.15) is 0 Å². The number of fused-ring (bicyclic) bond motifs is 1. The molecular weight excluding hydrogens is 238 g/mol. The van der Waals surface area contributed by atoms with Crippen molar-refractivity contribution in [2.75, 3.05) is 13.7 Å². The molecule has 0 spiro atoms. The number of ether oxygens (including phenoxy) is 1. The highest BCUT2D eigenvalue weighted by atomic mass is 32.1. The molecule has 0 aliphatic carbocycles. The molecule has 0 radical (unpaired) electrons. The number of carbonyl (C=O) groups is 1. The maximum Gasteiger partial charge on any atom is 0.266 e. The fraction of sp³-hybridized carbons (Fsp3) is 0.273. The van der Waals surface area contributed by atoms with Gasteiger partial charge in [0, 0.05) is 14.2 Å². The minimum Gasteiger partial charge on any atom is -0.375 e. The smallest absolute Gasteiger partial charge is 0.266 e. The second-order valence-electron chi connectivity index (χ2n) is 3.49. The summed E-state index contributed by atoms with van der Waals surface area (Å²) in [5, 5.41) is 4.06. The lowest BCUT2D eigenvalue weighted by atomic mass is 10.3. The Morgan fingerprint density at radius 3 is 3.00 bits per heavy atom. The van der Waals surface area contributed by atoms with Crippen LogP contribution in [0.3, 0.4) is 0 Å². The van der Waals surface area contributed by atoms with Crippen LogP contribution in [0.25, 0.3) is 10.2 Å². The van der Waals surface area contributed by atoms with Gasteiger partial charge in [-0.05, 0) is 12.1 Å². The van der Waals surface area contributed by atoms with Crippen molar-refractivity contribution in [1.29, 1.82) is 0 Å². The molecule has 2 aromatic rings. The number of nitrogens with one attached hydrogen (secondary N) is 1. The summed E-state index contributed by atoms with van der Waals surface area (Å²) in [6, 6.07) is 7.99. The fourth-order valence-corrected chi connectivity index (χ4v) is 2.44. The molecule has 0 atom stereocenters. The second-order valence-corrected chi connectivity index (χ2v) is 4.50. The third-order valence-corrected chi connectivity index (χ3v) is 3.38. The molecule has 0 unspecified atom stereocenters. The summed E-state index contributed by atoms with van der Waals surface area (Å²) in [7, 11) is 3.39. The van der Waals surface area contributed by atoms with Crippen molar-refractivity contribution in [3.05, 3.63) is 29.1 Å². The van der Waals surface area contributed by atoms with Gasteiger partial charge in [0.05, 0.1) is 10.2 Å². The van der Waals surface area contributed by atoms with E-state index in [0.29, 0.717) is 0 Å². The summed E-state index contributed by atoms with van der Waals surface area (Å²) in [6.07, 6.45) is 0. The number of para-hydroxylation sites is 1. The van der Waals surface area contributed by atoms with Crippen molar-refractivity contribution in [3.8, 4) is 0 Å². The summed E-state index contributed by atoms with van der Waals surface area (Å²) in [6.45, 7) is 0.0120. The molecule has 0 fully saturated rings. The first-order valence-electron chi connectivity index (χ1n) is 5.08. The number of benzene rings is 1. The number of methoxy groups -OCH3 is 1. The Kier molecular flexibility index (Phi) is 3.55. The monoisotopic (exact) mass is 251 g/mol. The first-order valence-corrected chi connectivity index (χ1v) is 5.90. The number of hydrogen-bond donors (Lipinski definition) is 1. The van der Waals surface area contributed by atoms with Crippen molar-refractivity contribution in [1.82, 2.24) is 9.99 Å². The first-order chi connectivity index (χ1) is 8.22. The van der Waals surface area contributed by atoms with E-state index in [-0.39, 0.29) is 12.5 Å². The largest absolute Gasteiger partial charge is 0.375 e. The van der Waals surface area contributed by atoms with Crippen LogP contribution >= 0.6 is 11.3 Å². The molecule has 0 aliphatic heterocycles. The molecule has 2 rings (SSSR count). The van der Waals surface area contributed by atoms with Crippen LogP contribution in [0, 0.1) is 0 Å². The van der Waals surface area contributed by atoms with Gasteiger partial charge in [-0.15, -0.1) is 5.10 Å². The van der Waals surface area contributed by atoms with Crippen LogP contribution in [0.15, 0.2) is 29.4 Å². The number of aromatic nitrogens is 1. The molecule has 1 aromatic heterocycles. The number of hydrogen-bond acceptors (Lipinski definition) is 4. The molecule has 1 aromatic carbocycles. The molecular formula is C11H13N3O2S. The highest BCUT2D eigenvalue weighted by Crippen LogP contribution is 2.14. The Morgan fingerprint density at radius 1 is 1.53 bits per heavy atom. The zero-order valence-corrected chi connectivity index (χ0v) is 10.5. The van der Waals surface area contributed by atoms with Crippen LogP contribution in [0.5, 0.6) is 0 Å². The summed E-state index contributed by atoms with van der Waals surface area (Å²) in [5.41, 5.74) is 3.55. The van der Waals surface area contributed by atoms with Crippen LogP contribution < -0.4 is 10.2 Å². The third kappa shape index (κ3) is 2.54. The molecule has 0 aliphatic rings. The van der Waals surface area contributed by atoms with E-state index >= 15 is 0 Å². The molecule has 0 saturated carbocycles. The van der Waals surface area contributed by atoms with Gasteiger partial charge in [-0.25, -0.2) is 5.43 Å². The van der Waals surface area contributed by atoms with Gasteiger partial charge in [-0.2, -0.15) is 0 Å². The van der Waals surface area contributed by atoms with E-state index in [1.807, 2.05) is 35.9 Å². The average Bonchev–Trinajstić information content (AvgIpc) is 2.65. The molecule has 1 N–H and O–H groups in total. The molecule has 1 heterocycles. The maximum absolute atomic E-state index is 11.2. The quantitative estimate of drug-likeness (QED) is 0.821. The Bertz CT molecular complexity index is 600. The van der Waals surface area contributed by atoms with Gasteiger partial charge in [-0.3, -0.25) is 4.79 Å². The molecule has 17 heavy (non-hydrogen) atoms. The van der Waals surface area contributed by atoms with Gasteiger partial charge < -0.3 is 9.30 Å².